The zero-order valence-electron chi connectivity index (χ0n) is 36.3. The van der Waals surface area contributed by atoms with Crippen molar-refractivity contribution in [1.82, 2.24) is 0 Å². The van der Waals surface area contributed by atoms with Crippen LogP contribution in [0.3, 0.4) is 0 Å². The van der Waals surface area contributed by atoms with E-state index in [1.54, 1.807) is 0 Å². The second-order valence-corrected chi connectivity index (χ2v) is 18.2. The lowest BCUT2D eigenvalue weighted by molar-refractivity contribution is 0.669. The van der Waals surface area contributed by atoms with E-state index >= 15 is 0 Å². The van der Waals surface area contributed by atoms with Gasteiger partial charge in [0.15, 0.2) is 0 Å². The monoisotopic (exact) mass is 846 g/mol. The number of benzene rings is 14. The highest BCUT2D eigenvalue weighted by Crippen LogP contribution is 2.51. The second kappa shape index (κ2) is 13.9. The second-order valence-electron chi connectivity index (χ2n) is 18.2. The summed E-state index contributed by atoms with van der Waals surface area (Å²) in [6.45, 7) is 0. The van der Waals surface area contributed by atoms with E-state index in [1.165, 1.54) is 130 Å². The fourth-order valence-electron chi connectivity index (χ4n) is 11.9. The molecule has 0 atom stereocenters. The molecule has 15 aromatic rings. The fourth-order valence-corrected chi connectivity index (χ4v) is 11.9. The van der Waals surface area contributed by atoms with Gasteiger partial charge in [0.2, 0.25) is 0 Å². The Balaban J connectivity index is 0.989. The fraction of sp³-hybridized carbons (Fsp3) is 0. The molecule has 1 heterocycles. The molecule has 1 nitrogen and oxygen atoms in total. The van der Waals surface area contributed by atoms with Gasteiger partial charge in [0, 0.05) is 10.8 Å². The minimum absolute atomic E-state index is 0.894. The molecule has 0 aliphatic rings. The lowest BCUT2D eigenvalue weighted by Gasteiger charge is -2.22. The van der Waals surface area contributed by atoms with Crippen LogP contribution in [0.2, 0.25) is 0 Å². The summed E-state index contributed by atoms with van der Waals surface area (Å²) in [5, 5.41) is 24.8. The average molecular weight is 847 g/mol. The molecule has 0 unspecified atom stereocenters. The van der Waals surface area contributed by atoms with Crippen LogP contribution in [0.25, 0.3) is 152 Å². The molecule has 0 fully saturated rings. The molecule has 0 aliphatic heterocycles. The summed E-state index contributed by atoms with van der Waals surface area (Å²) in [6.07, 6.45) is 0. The summed E-state index contributed by atoms with van der Waals surface area (Å²) in [5.41, 5.74) is 9.23. The summed E-state index contributed by atoms with van der Waals surface area (Å²) in [5.74, 6) is 0. The Kier molecular flexibility index (Phi) is 7.56. The van der Waals surface area contributed by atoms with Crippen LogP contribution in [-0.4, -0.2) is 0 Å². The van der Waals surface area contributed by atoms with Crippen molar-refractivity contribution < 1.29 is 4.42 Å². The van der Waals surface area contributed by atoms with Crippen molar-refractivity contribution >= 4 is 119 Å². The van der Waals surface area contributed by atoms with Crippen molar-refractivity contribution in [3.63, 3.8) is 0 Å². The Morgan fingerprint density at radius 1 is 0.179 bits per heavy atom. The van der Waals surface area contributed by atoms with Crippen LogP contribution < -0.4 is 0 Å². The maximum Gasteiger partial charge on any atom is 0.136 e. The lowest BCUT2D eigenvalue weighted by atomic mass is 9.81. The molecular formula is C66H38O. The molecule has 67 heavy (non-hydrogen) atoms. The first-order valence-electron chi connectivity index (χ1n) is 23.2. The highest BCUT2D eigenvalue weighted by atomic mass is 16.3. The molecule has 1 heteroatoms. The molecule has 308 valence electrons. The first kappa shape index (κ1) is 36.5. The Hall–Kier alpha value is -8.78. The van der Waals surface area contributed by atoms with E-state index in [2.05, 4.69) is 231 Å². The van der Waals surface area contributed by atoms with Gasteiger partial charge >= 0.3 is 0 Å². The highest BCUT2D eigenvalue weighted by molar-refractivity contribution is 6.31. The van der Waals surface area contributed by atoms with Gasteiger partial charge in [0.05, 0.1) is 0 Å². The molecule has 0 N–H and O–H groups in total. The van der Waals surface area contributed by atoms with Gasteiger partial charge in [-0.1, -0.05) is 200 Å². The molecule has 0 amide bonds. The Morgan fingerprint density at radius 2 is 0.537 bits per heavy atom. The summed E-state index contributed by atoms with van der Waals surface area (Å²) >= 11 is 0. The third kappa shape index (κ3) is 5.20. The van der Waals surface area contributed by atoms with Crippen molar-refractivity contribution in [2.45, 2.75) is 0 Å². The molecule has 1 aromatic heterocycles. The predicted octanol–water partition coefficient (Wildman–Crippen LogP) is 19.0. The molecule has 0 aliphatic carbocycles. The van der Waals surface area contributed by atoms with Crippen LogP contribution >= 0.6 is 0 Å². The quantitative estimate of drug-likeness (QED) is 0.128. The third-order valence-electron chi connectivity index (χ3n) is 14.8. The topological polar surface area (TPSA) is 13.1 Å². The van der Waals surface area contributed by atoms with Crippen LogP contribution in [0, 0.1) is 0 Å². The molecule has 0 spiro atoms. The largest absolute Gasteiger partial charge is 0.456 e. The van der Waals surface area contributed by atoms with Crippen molar-refractivity contribution in [3.8, 4) is 33.4 Å². The van der Waals surface area contributed by atoms with Gasteiger partial charge in [-0.05, 0) is 161 Å². The van der Waals surface area contributed by atoms with Gasteiger partial charge in [-0.2, -0.15) is 0 Å². The van der Waals surface area contributed by atoms with E-state index in [1.807, 2.05) is 0 Å². The Morgan fingerprint density at radius 3 is 1.06 bits per heavy atom. The van der Waals surface area contributed by atoms with Crippen LogP contribution in [0.4, 0.5) is 0 Å². The molecule has 14 aromatic carbocycles. The minimum atomic E-state index is 0.894. The Labute approximate surface area is 385 Å². The number of hydrogen-bond acceptors (Lipinski definition) is 1. The number of furan rings is 1. The molecular weight excluding hydrogens is 809 g/mol. The standard InChI is InChI=1S/C66H38O/c1-2-16-43-39(15-1)29-30-40-35-41(31-33-44(40)43)63-49-21-7-11-25-53(49)65(54-26-12-8-22-50(54)63)66-55-27-13-9-23-51(55)64(52-24-10-14-28-56(52)66)42-32-34-61-59(36-42)60-37-57-47-19-5-3-17-45(47)46-18-4-6-20-48(46)58(57)38-62(60)67-61/h1-38H. The van der Waals surface area contributed by atoms with Gasteiger partial charge in [-0.3, -0.25) is 0 Å². The summed E-state index contributed by atoms with van der Waals surface area (Å²) in [4.78, 5) is 0. The molecule has 0 saturated heterocycles. The van der Waals surface area contributed by atoms with Crippen LogP contribution in [0.5, 0.6) is 0 Å². The maximum atomic E-state index is 6.73. The van der Waals surface area contributed by atoms with Crippen molar-refractivity contribution in [3.05, 3.63) is 231 Å². The Bertz CT molecular complexity index is 4510. The third-order valence-corrected chi connectivity index (χ3v) is 14.8. The lowest BCUT2D eigenvalue weighted by Crippen LogP contribution is -1.94. The van der Waals surface area contributed by atoms with Crippen LogP contribution in [0.1, 0.15) is 0 Å². The zero-order chi connectivity index (χ0) is 43.7. The van der Waals surface area contributed by atoms with Crippen LogP contribution in [0.15, 0.2) is 235 Å². The molecule has 0 saturated carbocycles. The number of rotatable bonds is 3. The van der Waals surface area contributed by atoms with E-state index in [0.29, 0.717) is 0 Å². The van der Waals surface area contributed by atoms with Gasteiger partial charge < -0.3 is 4.42 Å². The molecule has 15 rings (SSSR count). The van der Waals surface area contributed by atoms with Crippen molar-refractivity contribution in [2.24, 2.45) is 0 Å². The predicted molar refractivity (Wildman–Crippen MR) is 288 cm³/mol. The van der Waals surface area contributed by atoms with Gasteiger partial charge in [-0.25, -0.2) is 0 Å². The smallest absolute Gasteiger partial charge is 0.136 e. The first-order chi connectivity index (χ1) is 33.2. The van der Waals surface area contributed by atoms with Crippen molar-refractivity contribution in [1.29, 1.82) is 0 Å². The van der Waals surface area contributed by atoms with Gasteiger partial charge in [0.25, 0.3) is 0 Å². The number of hydrogen-bond donors (Lipinski definition) is 0. The van der Waals surface area contributed by atoms with E-state index in [9.17, 15) is 0 Å². The van der Waals surface area contributed by atoms with Gasteiger partial charge in [0.1, 0.15) is 11.2 Å². The van der Waals surface area contributed by atoms with Crippen LogP contribution in [-0.2, 0) is 0 Å². The molecule has 0 bridgehead atoms. The zero-order valence-corrected chi connectivity index (χ0v) is 36.3. The first-order valence-corrected chi connectivity index (χ1v) is 23.2. The minimum Gasteiger partial charge on any atom is -0.456 e. The SMILES string of the molecule is c1ccc2c(c1)ccc1cc(-c3c4ccccc4c(-c4c5ccccc5c(-c5ccc6oc7cc8c9ccccc9c9ccccc9c8cc7c6c5)c5ccccc45)c4ccccc34)ccc12. The summed E-state index contributed by atoms with van der Waals surface area (Å²) in [6, 6.07) is 85.5. The summed E-state index contributed by atoms with van der Waals surface area (Å²) < 4.78 is 6.73. The normalized spacial score (nSPS) is 12.2. The van der Waals surface area contributed by atoms with Crippen molar-refractivity contribution in [2.75, 3.05) is 0 Å². The number of fused-ring (bicyclic) bond motifs is 16. The van der Waals surface area contributed by atoms with Gasteiger partial charge in [-0.15, -0.1) is 0 Å². The van der Waals surface area contributed by atoms with E-state index in [0.717, 1.165) is 21.9 Å². The average Bonchev–Trinajstić information content (AvgIpc) is 3.76. The van der Waals surface area contributed by atoms with E-state index in [-0.39, 0.29) is 0 Å². The maximum absolute atomic E-state index is 6.73. The molecule has 0 radical (unpaired) electrons. The summed E-state index contributed by atoms with van der Waals surface area (Å²) in [7, 11) is 0. The van der Waals surface area contributed by atoms with E-state index < -0.39 is 0 Å². The van der Waals surface area contributed by atoms with E-state index in [4.69, 9.17) is 4.42 Å². The highest BCUT2D eigenvalue weighted by Gasteiger charge is 2.23.